The van der Waals surface area contributed by atoms with Gasteiger partial charge in [0.05, 0.1) is 11.9 Å². The Kier molecular flexibility index (Phi) is 3.09. The fourth-order valence-corrected chi connectivity index (χ4v) is 1.27. The first-order chi connectivity index (χ1) is 8.50. The molecule has 0 saturated carbocycles. The Balaban J connectivity index is 2.55. The monoisotopic (exact) mass is 255 g/mol. The van der Waals surface area contributed by atoms with Gasteiger partial charge in [0.15, 0.2) is 5.69 Å². The number of nitrogens with one attached hydrogen (secondary N) is 1. The van der Waals surface area contributed by atoms with Gasteiger partial charge in [0.1, 0.15) is 5.69 Å². The summed E-state index contributed by atoms with van der Waals surface area (Å²) in [6.07, 6.45) is -0.397. The number of rotatable bonds is 2. The van der Waals surface area contributed by atoms with E-state index in [4.69, 9.17) is 0 Å². The van der Waals surface area contributed by atoms with Crippen LogP contribution in [-0.2, 0) is 6.18 Å². The van der Waals surface area contributed by atoms with Crippen LogP contribution in [0.25, 0.3) is 11.4 Å². The molecule has 0 fully saturated rings. The molecule has 2 heterocycles. The van der Waals surface area contributed by atoms with Gasteiger partial charge in [-0.15, -0.1) is 0 Å². The molecule has 5 nitrogen and oxygen atoms in total. The van der Waals surface area contributed by atoms with E-state index >= 15 is 0 Å². The minimum atomic E-state index is -4.54. The summed E-state index contributed by atoms with van der Waals surface area (Å²) in [5, 5.41) is 2.48. The predicted octanol–water partition coefficient (Wildman–Crippen LogP) is 1.99. The second-order valence-corrected chi connectivity index (χ2v) is 3.30. The van der Waals surface area contributed by atoms with E-state index in [1.54, 1.807) is 0 Å². The van der Waals surface area contributed by atoms with Crippen molar-refractivity contribution in [1.82, 2.24) is 19.9 Å². The number of aromatic nitrogens is 4. The van der Waals surface area contributed by atoms with Crippen molar-refractivity contribution in [3.8, 4) is 11.4 Å². The van der Waals surface area contributed by atoms with Gasteiger partial charge < -0.3 is 5.32 Å². The van der Waals surface area contributed by atoms with Crippen molar-refractivity contribution in [2.24, 2.45) is 0 Å². The third-order valence-electron chi connectivity index (χ3n) is 2.07. The van der Waals surface area contributed by atoms with Crippen molar-refractivity contribution in [3.63, 3.8) is 0 Å². The van der Waals surface area contributed by atoms with Gasteiger partial charge >= 0.3 is 6.18 Å². The zero-order chi connectivity index (χ0) is 13.2. The van der Waals surface area contributed by atoms with Crippen LogP contribution in [0.4, 0.5) is 19.1 Å². The standard InChI is InChI=1S/C10H8F3N5/c1-14-9-17-6(7-5-15-2-3-16-7)4-8(18-9)10(11,12)13/h2-5H,1H3,(H,14,17,18). The summed E-state index contributed by atoms with van der Waals surface area (Å²) >= 11 is 0. The Morgan fingerprint density at radius 1 is 1.11 bits per heavy atom. The first-order valence-electron chi connectivity index (χ1n) is 4.91. The quantitative estimate of drug-likeness (QED) is 0.889. The second-order valence-electron chi connectivity index (χ2n) is 3.30. The Morgan fingerprint density at radius 2 is 1.89 bits per heavy atom. The zero-order valence-corrected chi connectivity index (χ0v) is 9.23. The lowest BCUT2D eigenvalue weighted by atomic mass is 10.2. The molecule has 0 saturated heterocycles. The van der Waals surface area contributed by atoms with Crippen LogP contribution in [-0.4, -0.2) is 27.0 Å². The molecule has 0 unspecified atom stereocenters. The first kappa shape index (κ1) is 12.2. The van der Waals surface area contributed by atoms with Crippen molar-refractivity contribution in [3.05, 3.63) is 30.4 Å². The number of nitrogens with zero attached hydrogens (tertiary/aromatic N) is 4. The molecule has 2 aromatic rings. The fourth-order valence-electron chi connectivity index (χ4n) is 1.27. The lowest BCUT2D eigenvalue weighted by Gasteiger charge is -2.09. The van der Waals surface area contributed by atoms with E-state index in [2.05, 4.69) is 25.3 Å². The molecule has 2 aromatic heterocycles. The van der Waals surface area contributed by atoms with Crippen LogP contribution in [0.5, 0.6) is 0 Å². The third-order valence-corrected chi connectivity index (χ3v) is 2.07. The summed E-state index contributed by atoms with van der Waals surface area (Å²) in [6.45, 7) is 0. The Bertz CT molecular complexity index is 541. The highest BCUT2D eigenvalue weighted by atomic mass is 19.4. The molecule has 0 spiro atoms. The van der Waals surface area contributed by atoms with Crippen molar-refractivity contribution < 1.29 is 13.2 Å². The van der Waals surface area contributed by atoms with E-state index in [1.807, 2.05) is 0 Å². The van der Waals surface area contributed by atoms with Gasteiger partial charge in [-0.25, -0.2) is 9.97 Å². The summed E-state index contributed by atoms with van der Waals surface area (Å²) in [5.41, 5.74) is -0.709. The molecule has 18 heavy (non-hydrogen) atoms. The highest BCUT2D eigenvalue weighted by molar-refractivity contribution is 5.55. The highest BCUT2D eigenvalue weighted by Crippen LogP contribution is 2.30. The summed E-state index contributed by atoms with van der Waals surface area (Å²) in [6, 6.07) is 0.838. The molecule has 0 amide bonds. The molecule has 0 atom stereocenters. The average Bonchev–Trinajstić information content (AvgIpc) is 2.38. The Morgan fingerprint density at radius 3 is 2.44 bits per heavy atom. The SMILES string of the molecule is CNc1nc(-c2cnccn2)cc(C(F)(F)F)n1. The molecule has 0 aliphatic rings. The zero-order valence-electron chi connectivity index (χ0n) is 9.23. The Hall–Kier alpha value is -2.25. The van der Waals surface area contributed by atoms with Gasteiger partial charge in [-0.3, -0.25) is 9.97 Å². The fraction of sp³-hybridized carbons (Fsp3) is 0.200. The lowest BCUT2D eigenvalue weighted by Crippen LogP contribution is -2.11. The number of anilines is 1. The lowest BCUT2D eigenvalue weighted by molar-refractivity contribution is -0.141. The van der Waals surface area contributed by atoms with Gasteiger partial charge in [0, 0.05) is 19.4 Å². The smallest absolute Gasteiger partial charge is 0.357 e. The van der Waals surface area contributed by atoms with Crippen LogP contribution < -0.4 is 5.32 Å². The van der Waals surface area contributed by atoms with E-state index in [-0.39, 0.29) is 17.3 Å². The second kappa shape index (κ2) is 4.55. The normalized spacial score (nSPS) is 11.3. The largest absolute Gasteiger partial charge is 0.433 e. The molecular formula is C10H8F3N5. The van der Waals surface area contributed by atoms with Crippen LogP contribution in [0.1, 0.15) is 5.69 Å². The van der Waals surface area contributed by atoms with Crippen molar-refractivity contribution >= 4 is 5.95 Å². The highest BCUT2D eigenvalue weighted by Gasteiger charge is 2.33. The number of alkyl halides is 3. The van der Waals surface area contributed by atoms with Crippen LogP contribution in [0, 0.1) is 0 Å². The number of halogens is 3. The van der Waals surface area contributed by atoms with Gasteiger partial charge in [-0.1, -0.05) is 0 Å². The summed E-state index contributed by atoms with van der Waals surface area (Å²) in [4.78, 5) is 14.9. The van der Waals surface area contributed by atoms with E-state index in [0.717, 1.165) is 6.07 Å². The average molecular weight is 255 g/mol. The molecule has 0 aromatic carbocycles. The topological polar surface area (TPSA) is 63.6 Å². The maximum absolute atomic E-state index is 12.6. The van der Waals surface area contributed by atoms with Crippen molar-refractivity contribution in [2.75, 3.05) is 12.4 Å². The third kappa shape index (κ3) is 2.53. The molecule has 0 aliphatic carbocycles. The van der Waals surface area contributed by atoms with Crippen LogP contribution in [0.3, 0.4) is 0 Å². The summed E-state index contributed by atoms with van der Waals surface area (Å²) < 4.78 is 37.9. The maximum Gasteiger partial charge on any atom is 0.433 e. The Labute approximate surface area is 100 Å². The molecule has 0 aliphatic heterocycles. The van der Waals surface area contributed by atoms with Gasteiger partial charge in [0.2, 0.25) is 5.95 Å². The van der Waals surface area contributed by atoms with E-state index in [0.29, 0.717) is 0 Å². The maximum atomic E-state index is 12.6. The summed E-state index contributed by atoms with van der Waals surface area (Å²) in [7, 11) is 1.44. The first-order valence-corrected chi connectivity index (χ1v) is 4.91. The van der Waals surface area contributed by atoms with Crippen LogP contribution >= 0.6 is 0 Å². The van der Waals surface area contributed by atoms with E-state index < -0.39 is 11.9 Å². The number of hydrogen-bond donors (Lipinski definition) is 1. The van der Waals surface area contributed by atoms with Gasteiger partial charge in [-0.05, 0) is 6.07 Å². The molecule has 94 valence electrons. The minimum Gasteiger partial charge on any atom is -0.357 e. The summed E-state index contributed by atoms with van der Waals surface area (Å²) in [5.74, 6) is -0.120. The molecule has 2 rings (SSSR count). The molecular weight excluding hydrogens is 247 g/mol. The predicted molar refractivity (Wildman–Crippen MR) is 57.6 cm³/mol. The van der Waals surface area contributed by atoms with Gasteiger partial charge in [-0.2, -0.15) is 13.2 Å². The van der Waals surface area contributed by atoms with Crippen molar-refractivity contribution in [1.29, 1.82) is 0 Å². The van der Waals surface area contributed by atoms with Crippen molar-refractivity contribution in [2.45, 2.75) is 6.18 Å². The van der Waals surface area contributed by atoms with Crippen LogP contribution in [0.15, 0.2) is 24.7 Å². The molecule has 0 radical (unpaired) electrons. The molecule has 1 N–H and O–H groups in total. The number of hydrogen-bond acceptors (Lipinski definition) is 5. The minimum absolute atomic E-state index is 0.0646. The molecule has 0 bridgehead atoms. The molecule has 8 heteroatoms. The van der Waals surface area contributed by atoms with E-state index in [1.165, 1.54) is 25.6 Å². The van der Waals surface area contributed by atoms with Crippen LogP contribution in [0.2, 0.25) is 0 Å². The van der Waals surface area contributed by atoms with Gasteiger partial charge in [0.25, 0.3) is 0 Å². The van der Waals surface area contributed by atoms with E-state index in [9.17, 15) is 13.2 Å².